The first-order valence-corrected chi connectivity index (χ1v) is 6.08. The van der Waals surface area contributed by atoms with E-state index in [1.165, 1.54) is 0 Å². The molecule has 1 heterocycles. The summed E-state index contributed by atoms with van der Waals surface area (Å²) in [6.07, 6.45) is -4.50. The molecule has 0 fully saturated rings. The van der Waals surface area contributed by atoms with E-state index in [4.69, 9.17) is 11.6 Å². The zero-order valence-corrected chi connectivity index (χ0v) is 11.5. The molecule has 0 spiro atoms. The van der Waals surface area contributed by atoms with E-state index in [9.17, 15) is 22.8 Å². The summed E-state index contributed by atoms with van der Waals surface area (Å²) in [6.45, 7) is 1.47. The van der Waals surface area contributed by atoms with Gasteiger partial charge in [0.1, 0.15) is 24.1 Å². The normalized spacial score (nSPS) is 11.8. The highest BCUT2D eigenvalue weighted by Crippen LogP contribution is 2.13. The second kappa shape index (κ2) is 6.25. The molecule has 0 aromatic carbocycles. The van der Waals surface area contributed by atoms with Gasteiger partial charge in [0, 0.05) is 12.0 Å². The molecule has 5 nitrogen and oxygen atoms in total. The van der Waals surface area contributed by atoms with Crippen molar-refractivity contribution in [3.63, 3.8) is 0 Å². The second-order valence-corrected chi connectivity index (χ2v) is 4.80. The Labute approximate surface area is 117 Å². The van der Waals surface area contributed by atoms with Gasteiger partial charge in [-0.1, -0.05) is 25.4 Å². The van der Waals surface area contributed by atoms with E-state index >= 15 is 0 Å². The minimum atomic E-state index is -4.50. The predicted molar refractivity (Wildman–Crippen MR) is 66.7 cm³/mol. The second-order valence-electron chi connectivity index (χ2n) is 4.41. The van der Waals surface area contributed by atoms with Crippen molar-refractivity contribution in [1.82, 2.24) is 14.9 Å². The molecule has 0 unspecified atom stereocenters. The van der Waals surface area contributed by atoms with Crippen molar-refractivity contribution in [2.24, 2.45) is 0 Å². The van der Waals surface area contributed by atoms with Crippen LogP contribution in [-0.2, 0) is 11.3 Å². The lowest BCUT2D eigenvalue weighted by atomic mass is 10.2. The Morgan fingerprint density at radius 1 is 1.50 bits per heavy atom. The lowest BCUT2D eigenvalue weighted by Gasteiger charge is -2.15. The molecular weight excluding hydrogens is 299 g/mol. The lowest BCUT2D eigenvalue weighted by molar-refractivity contribution is -0.138. The van der Waals surface area contributed by atoms with E-state index in [0.29, 0.717) is 0 Å². The van der Waals surface area contributed by atoms with Crippen LogP contribution in [-0.4, -0.2) is 28.2 Å². The number of aromatic nitrogens is 2. The number of carbonyl (C=O) groups excluding carboxylic acids is 1. The highest BCUT2D eigenvalue weighted by Gasteiger charge is 2.28. The standard InChI is InChI=1S/C11H13ClF3N3O2/c1-6(2)10-17-7(12)3-9(20)18(10)4-8(19)16-5-11(13,14)15/h3,6H,4-5H2,1-2H3,(H,16,19). The maximum Gasteiger partial charge on any atom is 0.405 e. The molecule has 112 valence electrons. The highest BCUT2D eigenvalue weighted by atomic mass is 35.5. The monoisotopic (exact) mass is 311 g/mol. The molecular formula is C11H13ClF3N3O2. The van der Waals surface area contributed by atoms with Gasteiger partial charge in [-0.2, -0.15) is 13.2 Å². The van der Waals surface area contributed by atoms with Crippen LogP contribution in [0.4, 0.5) is 13.2 Å². The van der Waals surface area contributed by atoms with Crippen LogP contribution in [0.15, 0.2) is 10.9 Å². The molecule has 0 saturated carbocycles. The molecule has 1 aromatic rings. The quantitative estimate of drug-likeness (QED) is 0.861. The molecule has 1 amide bonds. The van der Waals surface area contributed by atoms with E-state index in [1.807, 2.05) is 0 Å². The number of amides is 1. The number of halogens is 4. The van der Waals surface area contributed by atoms with Crippen LogP contribution in [0.2, 0.25) is 5.15 Å². The van der Waals surface area contributed by atoms with E-state index < -0.39 is 30.7 Å². The van der Waals surface area contributed by atoms with Gasteiger partial charge in [-0.15, -0.1) is 0 Å². The first kappa shape index (κ1) is 16.5. The largest absolute Gasteiger partial charge is 0.405 e. The zero-order chi connectivity index (χ0) is 15.5. The minimum Gasteiger partial charge on any atom is -0.345 e. The third-order valence-electron chi connectivity index (χ3n) is 2.31. The van der Waals surface area contributed by atoms with Crippen LogP contribution in [0.25, 0.3) is 0 Å². The molecule has 1 N–H and O–H groups in total. The smallest absolute Gasteiger partial charge is 0.345 e. The molecule has 0 atom stereocenters. The van der Waals surface area contributed by atoms with Crippen molar-refractivity contribution < 1.29 is 18.0 Å². The molecule has 0 aliphatic carbocycles. The Morgan fingerprint density at radius 2 is 2.10 bits per heavy atom. The van der Waals surface area contributed by atoms with Crippen molar-refractivity contribution in [3.05, 3.63) is 27.4 Å². The number of alkyl halides is 3. The Kier molecular flexibility index (Phi) is 5.15. The lowest BCUT2D eigenvalue weighted by Crippen LogP contribution is -2.38. The van der Waals surface area contributed by atoms with Crippen molar-refractivity contribution in [2.45, 2.75) is 32.5 Å². The average Bonchev–Trinajstić information content (AvgIpc) is 2.28. The fourth-order valence-corrected chi connectivity index (χ4v) is 1.67. The van der Waals surface area contributed by atoms with Crippen molar-refractivity contribution in [1.29, 1.82) is 0 Å². The van der Waals surface area contributed by atoms with Crippen LogP contribution < -0.4 is 10.9 Å². The van der Waals surface area contributed by atoms with Gasteiger partial charge >= 0.3 is 6.18 Å². The highest BCUT2D eigenvalue weighted by molar-refractivity contribution is 6.29. The summed E-state index contributed by atoms with van der Waals surface area (Å²) in [6, 6.07) is 1.00. The summed E-state index contributed by atoms with van der Waals surface area (Å²) >= 11 is 5.65. The Morgan fingerprint density at radius 3 is 2.60 bits per heavy atom. The van der Waals surface area contributed by atoms with Gasteiger partial charge in [0.15, 0.2) is 0 Å². The first-order valence-electron chi connectivity index (χ1n) is 5.71. The van der Waals surface area contributed by atoms with Crippen LogP contribution in [0, 0.1) is 0 Å². The van der Waals surface area contributed by atoms with Crippen LogP contribution in [0.3, 0.4) is 0 Å². The number of hydrogen-bond acceptors (Lipinski definition) is 3. The fraction of sp³-hybridized carbons (Fsp3) is 0.545. The molecule has 0 bridgehead atoms. The van der Waals surface area contributed by atoms with Crippen molar-refractivity contribution in [2.75, 3.05) is 6.54 Å². The van der Waals surface area contributed by atoms with Gasteiger partial charge in [0.25, 0.3) is 5.56 Å². The maximum atomic E-state index is 12.0. The molecule has 1 aromatic heterocycles. The molecule has 0 aliphatic rings. The van der Waals surface area contributed by atoms with E-state index in [0.717, 1.165) is 10.6 Å². The third-order valence-corrected chi connectivity index (χ3v) is 2.50. The van der Waals surface area contributed by atoms with Gasteiger partial charge < -0.3 is 5.32 Å². The van der Waals surface area contributed by atoms with Crippen molar-refractivity contribution >= 4 is 17.5 Å². The van der Waals surface area contributed by atoms with Crippen LogP contribution in [0.1, 0.15) is 25.6 Å². The molecule has 20 heavy (non-hydrogen) atoms. The Hall–Kier alpha value is -1.57. The van der Waals surface area contributed by atoms with Crippen molar-refractivity contribution in [3.8, 4) is 0 Å². The topological polar surface area (TPSA) is 64.0 Å². The molecule has 1 rings (SSSR count). The number of rotatable bonds is 4. The summed E-state index contributed by atoms with van der Waals surface area (Å²) in [7, 11) is 0. The van der Waals surface area contributed by atoms with Gasteiger partial charge in [-0.05, 0) is 0 Å². The summed E-state index contributed by atoms with van der Waals surface area (Å²) in [4.78, 5) is 27.1. The Bertz CT molecular complexity index is 555. The fourth-order valence-electron chi connectivity index (χ4n) is 1.49. The summed E-state index contributed by atoms with van der Waals surface area (Å²) in [5, 5.41) is 1.67. The van der Waals surface area contributed by atoms with Crippen LogP contribution in [0.5, 0.6) is 0 Å². The van der Waals surface area contributed by atoms with E-state index in [-0.39, 0.29) is 16.9 Å². The SMILES string of the molecule is CC(C)c1nc(Cl)cc(=O)n1CC(=O)NCC(F)(F)F. The number of nitrogens with one attached hydrogen (secondary N) is 1. The summed E-state index contributed by atoms with van der Waals surface area (Å²) in [5.41, 5.74) is -0.587. The average molecular weight is 312 g/mol. The predicted octanol–water partition coefficient (Wildman–Crippen LogP) is 1.70. The Balaban J connectivity index is 2.92. The summed E-state index contributed by atoms with van der Waals surface area (Å²) < 4.78 is 36.9. The number of nitrogens with zero attached hydrogens (tertiary/aromatic N) is 2. The molecule has 9 heteroatoms. The number of carbonyl (C=O) groups is 1. The van der Waals surface area contributed by atoms with Crippen LogP contribution >= 0.6 is 11.6 Å². The molecule has 0 radical (unpaired) electrons. The first-order chi connectivity index (χ1) is 9.10. The van der Waals surface area contributed by atoms with E-state index in [1.54, 1.807) is 19.2 Å². The van der Waals surface area contributed by atoms with Gasteiger partial charge in [-0.3, -0.25) is 14.2 Å². The van der Waals surface area contributed by atoms with Gasteiger partial charge in [0.05, 0.1) is 0 Å². The zero-order valence-electron chi connectivity index (χ0n) is 10.8. The molecule has 0 aliphatic heterocycles. The van der Waals surface area contributed by atoms with E-state index in [2.05, 4.69) is 4.98 Å². The minimum absolute atomic E-state index is 0.0225. The molecule has 0 saturated heterocycles. The maximum absolute atomic E-state index is 12.0. The van der Waals surface area contributed by atoms with Gasteiger partial charge in [-0.25, -0.2) is 4.98 Å². The number of hydrogen-bond donors (Lipinski definition) is 1. The summed E-state index contributed by atoms with van der Waals surface area (Å²) in [5.74, 6) is -0.892. The van der Waals surface area contributed by atoms with Gasteiger partial charge in [0.2, 0.25) is 5.91 Å². The third kappa shape index (κ3) is 4.84.